The van der Waals surface area contributed by atoms with Crippen LogP contribution in [0.25, 0.3) is 0 Å². The van der Waals surface area contributed by atoms with Crippen LogP contribution < -0.4 is 4.90 Å². The summed E-state index contributed by atoms with van der Waals surface area (Å²) in [6.45, 7) is 11.6. The molecule has 0 spiro atoms. The van der Waals surface area contributed by atoms with Crippen molar-refractivity contribution in [3.8, 4) is 0 Å². The fourth-order valence-corrected chi connectivity index (χ4v) is 2.40. The highest BCUT2D eigenvalue weighted by Crippen LogP contribution is 2.21. The van der Waals surface area contributed by atoms with Crippen LogP contribution in [0.4, 0.5) is 5.69 Å². The maximum atomic E-state index is 12.2. The van der Waals surface area contributed by atoms with Crippen LogP contribution in [0.3, 0.4) is 0 Å². The number of carbonyl (C=O) groups excluding carboxylic acids is 1. The number of carbonyl (C=O) groups is 1. The van der Waals surface area contributed by atoms with Crippen LogP contribution in [0.15, 0.2) is 24.3 Å². The van der Waals surface area contributed by atoms with E-state index in [1.807, 2.05) is 25.7 Å². The lowest BCUT2D eigenvalue weighted by atomic mass is 9.94. The second-order valence-corrected chi connectivity index (χ2v) is 6.36. The van der Waals surface area contributed by atoms with Crippen LogP contribution in [0.1, 0.15) is 26.3 Å². The molecule has 0 bridgehead atoms. The van der Waals surface area contributed by atoms with Crippen LogP contribution >= 0.6 is 0 Å². The van der Waals surface area contributed by atoms with Gasteiger partial charge in [-0.15, -0.1) is 0 Å². The molecule has 1 aromatic rings. The van der Waals surface area contributed by atoms with Gasteiger partial charge in [-0.1, -0.05) is 38.5 Å². The molecule has 1 heterocycles. The Hall–Kier alpha value is -1.51. The van der Waals surface area contributed by atoms with Crippen molar-refractivity contribution >= 4 is 11.6 Å². The molecule has 1 aliphatic rings. The van der Waals surface area contributed by atoms with Gasteiger partial charge < -0.3 is 9.80 Å². The molecule has 0 aliphatic carbocycles. The predicted octanol–water partition coefficient (Wildman–Crippen LogP) is 2.69. The summed E-state index contributed by atoms with van der Waals surface area (Å²) in [6, 6.07) is 8.61. The molecule has 1 saturated heterocycles. The minimum atomic E-state index is -0.272. The molecule has 1 amide bonds. The van der Waals surface area contributed by atoms with E-state index in [1.54, 1.807) is 0 Å². The highest BCUT2D eigenvalue weighted by molar-refractivity contribution is 5.81. The van der Waals surface area contributed by atoms with E-state index in [2.05, 4.69) is 36.1 Å². The quantitative estimate of drug-likeness (QED) is 0.775. The molecule has 1 fully saturated rings. The van der Waals surface area contributed by atoms with Gasteiger partial charge in [-0.2, -0.15) is 0 Å². The fourth-order valence-electron chi connectivity index (χ4n) is 2.40. The Balaban J connectivity index is 1.96. The smallest absolute Gasteiger partial charge is 0.228 e. The number of rotatable bonds is 1. The number of benzene rings is 1. The van der Waals surface area contributed by atoms with E-state index in [9.17, 15) is 4.79 Å². The van der Waals surface area contributed by atoms with Gasteiger partial charge in [-0.3, -0.25) is 4.79 Å². The van der Waals surface area contributed by atoms with Gasteiger partial charge in [0.1, 0.15) is 0 Å². The van der Waals surface area contributed by atoms with Gasteiger partial charge >= 0.3 is 0 Å². The second-order valence-electron chi connectivity index (χ2n) is 6.36. The molecule has 0 atom stereocenters. The fraction of sp³-hybridized carbons (Fsp3) is 0.562. The van der Waals surface area contributed by atoms with Crippen molar-refractivity contribution < 1.29 is 4.79 Å². The first-order valence-corrected chi connectivity index (χ1v) is 6.99. The monoisotopic (exact) mass is 260 g/mol. The predicted molar refractivity (Wildman–Crippen MR) is 79.4 cm³/mol. The van der Waals surface area contributed by atoms with Crippen LogP contribution in [-0.4, -0.2) is 37.0 Å². The van der Waals surface area contributed by atoms with Gasteiger partial charge in [0, 0.05) is 37.3 Å². The second kappa shape index (κ2) is 5.24. The van der Waals surface area contributed by atoms with E-state index in [-0.39, 0.29) is 11.3 Å². The summed E-state index contributed by atoms with van der Waals surface area (Å²) in [6.07, 6.45) is 0. The number of hydrogen-bond donors (Lipinski definition) is 0. The molecule has 3 heteroatoms. The van der Waals surface area contributed by atoms with E-state index in [0.29, 0.717) is 0 Å². The third-order valence-electron chi connectivity index (χ3n) is 3.61. The normalized spacial score (nSPS) is 16.6. The van der Waals surface area contributed by atoms with Crippen molar-refractivity contribution in [2.45, 2.75) is 27.7 Å². The first kappa shape index (κ1) is 13.9. The molecular weight excluding hydrogens is 236 g/mol. The average molecular weight is 260 g/mol. The summed E-state index contributed by atoms with van der Waals surface area (Å²) in [5.41, 5.74) is 2.27. The van der Waals surface area contributed by atoms with Gasteiger partial charge in [-0.05, 0) is 19.1 Å². The maximum absolute atomic E-state index is 12.2. The summed E-state index contributed by atoms with van der Waals surface area (Å²) in [5, 5.41) is 0. The third-order valence-corrected chi connectivity index (χ3v) is 3.61. The van der Waals surface area contributed by atoms with Gasteiger partial charge in [0.25, 0.3) is 0 Å². The zero-order valence-electron chi connectivity index (χ0n) is 12.4. The third kappa shape index (κ3) is 3.28. The van der Waals surface area contributed by atoms with Crippen molar-refractivity contribution in [2.24, 2.45) is 5.41 Å². The lowest BCUT2D eigenvalue weighted by Crippen LogP contribution is -2.51. The molecule has 1 aromatic carbocycles. The van der Waals surface area contributed by atoms with Crippen molar-refractivity contribution in [3.05, 3.63) is 29.8 Å². The van der Waals surface area contributed by atoms with E-state index in [1.165, 1.54) is 11.3 Å². The molecule has 0 saturated carbocycles. The van der Waals surface area contributed by atoms with Crippen LogP contribution in [0, 0.1) is 12.3 Å². The number of amides is 1. The van der Waals surface area contributed by atoms with Crippen LogP contribution in [0.5, 0.6) is 0 Å². The minimum absolute atomic E-state index is 0.260. The first-order chi connectivity index (χ1) is 8.88. The topological polar surface area (TPSA) is 23.6 Å². The van der Waals surface area contributed by atoms with E-state index in [4.69, 9.17) is 0 Å². The van der Waals surface area contributed by atoms with Crippen molar-refractivity contribution in [1.29, 1.82) is 0 Å². The molecule has 0 aromatic heterocycles. The summed E-state index contributed by atoms with van der Waals surface area (Å²) in [5.74, 6) is 0.260. The maximum Gasteiger partial charge on any atom is 0.228 e. The average Bonchev–Trinajstić information content (AvgIpc) is 2.38. The molecular formula is C16H24N2O. The van der Waals surface area contributed by atoms with E-state index in [0.717, 1.165) is 26.2 Å². The van der Waals surface area contributed by atoms with Gasteiger partial charge in [-0.25, -0.2) is 0 Å². The molecule has 2 rings (SSSR count). The lowest BCUT2D eigenvalue weighted by molar-refractivity contribution is -0.139. The van der Waals surface area contributed by atoms with Crippen molar-refractivity contribution in [3.63, 3.8) is 0 Å². The van der Waals surface area contributed by atoms with Crippen LogP contribution in [-0.2, 0) is 4.79 Å². The summed E-state index contributed by atoms with van der Waals surface area (Å²) in [7, 11) is 0. The molecule has 104 valence electrons. The Labute approximate surface area is 116 Å². The van der Waals surface area contributed by atoms with Gasteiger partial charge in [0.05, 0.1) is 0 Å². The van der Waals surface area contributed by atoms with Gasteiger partial charge in [0.2, 0.25) is 5.91 Å². The van der Waals surface area contributed by atoms with Crippen LogP contribution in [0.2, 0.25) is 0 Å². The Morgan fingerprint density at radius 2 is 1.53 bits per heavy atom. The van der Waals surface area contributed by atoms with E-state index < -0.39 is 0 Å². The zero-order chi connectivity index (χ0) is 14.0. The van der Waals surface area contributed by atoms with E-state index >= 15 is 0 Å². The summed E-state index contributed by atoms with van der Waals surface area (Å²) >= 11 is 0. The summed E-state index contributed by atoms with van der Waals surface area (Å²) < 4.78 is 0. The molecule has 0 N–H and O–H groups in total. The molecule has 0 unspecified atom stereocenters. The van der Waals surface area contributed by atoms with Crippen molar-refractivity contribution in [1.82, 2.24) is 4.90 Å². The summed E-state index contributed by atoms with van der Waals surface area (Å²) in [4.78, 5) is 16.6. The largest absolute Gasteiger partial charge is 0.368 e. The van der Waals surface area contributed by atoms with Gasteiger partial charge in [0.15, 0.2) is 0 Å². The lowest BCUT2D eigenvalue weighted by Gasteiger charge is -2.38. The van der Waals surface area contributed by atoms with Crippen molar-refractivity contribution in [2.75, 3.05) is 31.1 Å². The number of piperazine rings is 1. The number of anilines is 1. The molecule has 0 radical (unpaired) electrons. The highest BCUT2D eigenvalue weighted by Gasteiger charge is 2.29. The first-order valence-electron chi connectivity index (χ1n) is 6.99. The Morgan fingerprint density at radius 1 is 1.00 bits per heavy atom. The SMILES string of the molecule is Cc1ccc(N2CCN(C(=O)C(C)(C)C)CC2)cc1. The number of aryl methyl sites for hydroxylation is 1. The Morgan fingerprint density at radius 3 is 2.00 bits per heavy atom. The molecule has 1 aliphatic heterocycles. The number of nitrogens with zero attached hydrogens (tertiary/aromatic N) is 2. The highest BCUT2D eigenvalue weighted by atomic mass is 16.2. The Bertz CT molecular complexity index is 437. The number of hydrogen-bond acceptors (Lipinski definition) is 2. The molecule has 19 heavy (non-hydrogen) atoms. The standard InChI is InChI=1S/C16H24N2O/c1-13-5-7-14(8-6-13)17-9-11-18(12-10-17)15(19)16(2,3)4/h5-8H,9-12H2,1-4H3. The zero-order valence-corrected chi connectivity index (χ0v) is 12.4. The Kier molecular flexibility index (Phi) is 3.83. The minimum Gasteiger partial charge on any atom is -0.368 e. The molecule has 3 nitrogen and oxygen atoms in total.